The number of amides is 2. The largest absolute Gasteiger partial charge is 0.383 e. The smallest absolute Gasteiger partial charge is 0.251 e. The van der Waals surface area contributed by atoms with Gasteiger partial charge in [-0.1, -0.05) is 0 Å². The van der Waals surface area contributed by atoms with E-state index >= 15 is 0 Å². The molecule has 0 atom stereocenters. The summed E-state index contributed by atoms with van der Waals surface area (Å²) in [5.74, 6) is -0.498. The Morgan fingerprint density at radius 2 is 2.00 bits per heavy atom. The summed E-state index contributed by atoms with van der Waals surface area (Å²) in [7, 11) is 1.56. The van der Waals surface area contributed by atoms with Crippen LogP contribution in [0.1, 0.15) is 21.6 Å². The van der Waals surface area contributed by atoms with E-state index in [-0.39, 0.29) is 18.4 Å². The third-order valence-corrected chi connectivity index (χ3v) is 3.61. The Kier molecular flexibility index (Phi) is 5.16. The summed E-state index contributed by atoms with van der Waals surface area (Å²) in [6, 6.07) is 5.46. The summed E-state index contributed by atoms with van der Waals surface area (Å²) in [5.41, 5.74) is 3.76. The van der Waals surface area contributed by atoms with Gasteiger partial charge in [0, 0.05) is 35.8 Å². The molecule has 0 fully saturated rings. The van der Waals surface area contributed by atoms with Crippen LogP contribution in [0, 0.1) is 13.8 Å². The highest BCUT2D eigenvalue weighted by Gasteiger charge is 2.11. The highest BCUT2D eigenvalue weighted by molar-refractivity contribution is 6.00. The molecule has 0 unspecified atom stereocenters. The van der Waals surface area contributed by atoms with E-state index in [1.807, 2.05) is 26.0 Å². The Balaban J connectivity index is 1.98. The maximum absolute atomic E-state index is 12.1. The zero-order valence-corrected chi connectivity index (χ0v) is 13.1. The van der Waals surface area contributed by atoms with Gasteiger partial charge in [0.05, 0.1) is 13.2 Å². The molecule has 6 nitrogen and oxygen atoms in total. The first-order valence-electron chi connectivity index (χ1n) is 7.15. The lowest BCUT2D eigenvalue weighted by Gasteiger charge is -2.07. The third-order valence-electron chi connectivity index (χ3n) is 3.61. The van der Waals surface area contributed by atoms with Crippen LogP contribution in [-0.4, -0.2) is 43.6 Å². The Morgan fingerprint density at radius 1 is 1.23 bits per heavy atom. The van der Waals surface area contributed by atoms with Crippen LogP contribution in [0.3, 0.4) is 0 Å². The predicted octanol–water partition coefficient (Wildman–Crippen LogP) is 1.28. The number of nitrogens with one attached hydrogen (secondary N) is 3. The maximum Gasteiger partial charge on any atom is 0.251 e. The summed E-state index contributed by atoms with van der Waals surface area (Å²) >= 11 is 0. The lowest BCUT2D eigenvalue weighted by atomic mass is 10.1. The fourth-order valence-corrected chi connectivity index (χ4v) is 2.22. The minimum atomic E-state index is -0.262. The van der Waals surface area contributed by atoms with Crippen LogP contribution in [0.25, 0.3) is 10.9 Å². The molecule has 6 heteroatoms. The van der Waals surface area contributed by atoms with Crippen LogP contribution in [-0.2, 0) is 9.53 Å². The van der Waals surface area contributed by atoms with Crippen molar-refractivity contribution in [3.63, 3.8) is 0 Å². The van der Waals surface area contributed by atoms with Crippen molar-refractivity contribution >= 4 is 22.7 Å². The van der Waals surface area contributed by atoms with E-state index in [4.69, 9.17) is 4.74 Å². The number of benzene rings is 1. The third kappa shape index (κ3) is 3.65. The molecule has 0 bridgehead atoms. The number of H-pyrrole nitrogens is 1. The number of ether oxygens (including phenoxy) is 1. The number of hydrogen-bond acceptors (Lipinski definition) is 3. The number of aryl methyl sites for hydroxylation is 2. The van der Waals surface area contributed by atoms with Gasteiger partial charge < -0.3 is 20.4 Å². The second-order valence-electron chi connectivity index (χ2n) is 5.16. The van der Waals surface area contributed by atoms with Gasteiger partial charge >= 0.3 is 0 Å². The highest BCUT2D eigenvalue weighted by atomic mass is 16.5. The summed E-state index contributed by atoms with van der Waals surface area (Å²) in [4.78, 5) is 26.9. The zero-order chi connectivity index (χ0) is 16.1. The Morgan fingerprint density at radius 3 is 2.73 bits per heavy atom. The molecule has 2 amide bonds. The van der Waals surface area contributed by atoms with Crippen LogP contribution < -0.4 is 10.6 Å². The van der Waals surface area contributed by atoms with Crippen molar-refractivity contribution in [1.29, 1.82) is 0 Å². The first kappa shape index (κ1) is 16.0. The zero-order valence-electron chi connectivity index (χ0n) is 13.1. The van der Waals surface area contributed by atoms with Crippen molar-refractivity contribution < 1.29 is 14.3 Å². The highest BCUT2D eigenvalue weighted by Crippen LogP contribution is 2.22. The fraction of sp³-hybridized carbons (Fsp3) is 0.375. The van der Waals surface area contributed by atoms with E-state index in [9.17, 15) is 9.59 Å². The molecule has 118 valence electrons. The van der Waals surface area contributed by atoms with Gasteiger partial charge in [-0.05, 0) is 37.6 Å². The van der Waals surface area contributed by atoms with Gasteiger partial charge in [0.15, 0.2) is 0 Å². The van der Waals surface area contributed by atoms with E-state index in [0.29, 0.717) is 18.7 Å². The van der Waals surface area contributed by atoms with Crippen LogP contribution in [0.5, 0.6) is 0 Å². The number of methoxy groups -OCH3 is 1. The van der Waals surface area contributed by atoms with E-state index in [0.717, 1.165) is 22.2 Å². The molecule has 0 saturated heterocycles. The lowest BCUT2D eigenvalue weighted by Crippen LogP contribution is -2.38. The minimum absolute atomic E-state index is 0.0499. The molecular weight excluding hydrogens is 282 g/mol. The molecule has 2 rings (SSSR count). The van der Waals surface area contributed by atoms with Crippen LogP contribution in [0.4, 0.5) is 0 Å². The quantitative estimate of drug-likeness (QED) is 0.703. The van der Waals surface area contributed by atoms with Crippen LogP contribution >= 0.6 is 0 Å². The lowest BCUT2D eigenvalue weighted by molar-refractivity contribution is -0.120. The van der Waals surface area contributed by atoms with Gasteiger partial charge in [-0.15, -0.1) is 0 Å². The Bertz CT molecular complexity index is 691. The molecule has 2 aromatic rings. The van der Waals surface area contributed by atoms with Crippen molar-refractivity contribution in [2.75, 3.05) is 26.8 Å². The second kappa shape index (κ2) is 7.09. The van der Waals surface area contributed by atoms with Crippen LogP contribution in [0.15, 0.2) is 18.2 Å². The van der Waals surface area contributed by atoms with Gasteiger partial charge in [-0.2, -0.15) is 0 Å². The van der Waals surface area contributed by atoms with Crippen LogP contribution in [0.2, 0.25) is 0 Å². The van der Waals surface area contributed by atoms with Gasteiger partial charge in [0.25, 0.3) is 5.91 Å². The van der Waals surface area contributed by atoms with E-state index in [1.165, 1.54) is 0 Å². The minimum Gasteiger partial charge on any atom is -0.383 e. The summed E-state index contributed by atoms with van der Waals surface area (Å²) < 4.78 is 4.84. The summed E-state index contributed by atoms with van der Waals surface area (Å²) in [6.07, 6.45) is 0. The first-order valence-corrected chi connectivity index (χ1v) is 7.15. The van der Waals surface area contributed by atoms with Gasteiger partial charge in [0.1, 0.15) is 0 Å². The topological polar surface area (TPSA) is 83.2 Å². The second-order valence-corrected chi connectivity index (χ2v) is 5.16. The van der Waals surface area contributed by atoms with Crippen molar-refractivity contribution in [3.8, 4) is 0 Å². The molecule has 1 aromatic carbocycles. The normalized spacial score (nSPS) is 10.7. The van der Waals surface area contributed by atoms with E-state index in [2.05, 4.69) is 15.6 Å². The molecule has 1 aromatic heterocycles. The average Bonchev–Trinajstić information content (AvgIpc) is 2.79. The molecule has 0 aliphatic heterocycles. The number of carbonyl (C=O) groups excluding carboxylic acids is 2. The number of fused-ring (bicyclic) bond motifs is 1. The standard InChI is InChI=1S/C16H21N3O3/c1-10-11(2)19-14-5-4-12(8-13(10)14)16(21)18-9-15(20)17-6-7-22-3/h4-5,8,19H,6-7,9H2,1-3H3,(H,17,20)(H,18,21). The Labute approximate surface area is 129 Å². The molecule has 0 spiro atoms. The maximum atomic E-state index is 12.1. The summed E-state index contributed by atoms with van der Waals surface area (Å²) in [5, 5.41) is 6.29. The van der Waals surface area contributed by atoms with Gasteiger partial charge in [-0.25, -0.2) is 0 Å². The molecule has 1 heterocycles. The molecule has 0 saturated carbocycles. The Hall–Kier alpha value is -2.34. The SMILES string of the molecule is COCCNC(=O)CNC(=O)c1ccc2[nH]c(C)c(C)c2c1. The molecule has 0 aliphatic rings. The van der Waals surface area contributed by atoms with E-state index < -0.39 is 0 Å². The van der Waals surface area contributed by atoms with Gasteiger partial charge in [-0.3, -0.25) is 9.59 Å². The van der Waals surface area contributed by atoms with Crippen molar-refractivity contribution in [1.82, 2.24) is 15.6 Å². The molecular formula is C16H21N3O3. The molecule has 0 aliphatic carbocycles. The van der Waals surface area contributed by atoms with Crippen molar-refractivity contribution in [2.45, 2.75) is 13.8 Å². The fourth-order valence-electron chi connectivity index (χ4n) is 2.22. The molecule has 0 radical (unpaired) electrons. The number of hydrogen-bond donors (Lipinski definition) is 3. The first-order chi connectivity index (χ1) is 10.5. The monoisotopic (exact) mass is 303 g/mol. The number of rotatable bonds is 6. The van der Waals surface area contributed by atoms with E-state index in [1.54, 1.807) is 13.2 Å². The average molecular weight is 303 g/mol. The van der Waals surface area contributed by atoms with Gasteiger partial charge in [0.2, 0.25) is 5.91 Å². The summed E-state index contributed by atoms with van der Waals surface area (Å²) in [6.45, 7) is 4.84. The molecule has 3 N–H and O–H groups in total. The predicted molar refractivity (Wildman–Crippen MR) is 85.0 cm³/mol. The number of carbonyl (C=O) groups is 2. The molecule has 22 heavy (non-hydrogen) atoms. The number of aromatic amines is 1. The number of aromatic nitrogens is 1. The van der Waals surface area contributed by atoms with Crippen molar-refractivity contribution in [3.05, 3.63) is 35.0 Å². The van der Waals surface area contributed by atoms with Crippen molar-refractivity contribution in [2.24, 2.45) is 0 Å².